The highest BCUT2D eigenvalue weighted by atomic mass is 79.9. The zero-order chi connectivity index (χ0) is 17.9. The van der Waals surface area contributed by atoms with E-state index in [1.807, 2.05) is 95.7 Å². The number of aromatic nitrogens is 1. The summed E-state index contributed by atoms with van der Waals surface area (Å²) in [5.41, 5.74) is 2.28. The van der Waals surface area contributed by atoms with Crippen molar-refractivity contribution in [3.63, 3.8) is 0 Å². The Balaban J connectivity index is 1.92. The van der Waals surface area contributed by atoms with Gasteiger partial charge in [0.1, 0.15) is 0 Å². The lowest BCUT2D eigenvalue weighted by molar-refractivity contribution is 0.106. The summed E-state index contributed by atoms with van der Waals surface area (Å²) in [5, 5.41) is 1.04. The van der Waals surface area contributed by atoms with E-state index in [0.29, 0.717) is 11.4 Å². The van der Waals surface area contributed by atoms with E-state index >= 15 is 0 Å². The maximum Gasteiger partial charge on any atom is 0.228 e. The highest BCUT2D eigenvalue weighted by Gasteiger charge is 2.18. The number of rotatable bonds is 3. The Hall–Kier alpha value is -2.98. The van der Waals surface area contributed by atoms with Crippen molar-refractivity contribution < 1.29 is 4.79 Å². The molecule has 0 N–H and O–H groups in total. The quantitative estimate of drug-likeness (QED) is 0.240. The second-order valence-electron chi connectivity index (χ2n) is 5.82. The summed E-state index contributed by atoms with van der Waals surface area (Å²) in [7, 11) is 0. The number of aliphatic imine (C=N–C) groups is 1. The summed E-state index contributed by atoms with van der Waals surface area (Å²) < 4.78 is 2.84. The lowest BCUT2D eigenvalue weighted by Gasteiger charge is -2.10. The van der Waals surface area contributed by atoms with Crippen molar-refractivity contribution in [3.8, 4) is 0 Å². The first kappa shape index (κ1) is 16.5. The monoisotopic (exact) mass is 402 g/mol. The van der Waals surface area contributed by atoms with E-state index in [9.17, 15) is 4.79 Å². The van der Waals surface area contributed by atoms with Crippen molar-refractivity contribution in [2.24, 2.45) is 4.99 Å². The first-order valence-electron chi connectivity index (χ1n) is 8.23. The molecule has 126 valence electrons. The highest BCUT2D eigenvalue weighted by molar-refractivity contribution is 9.10. The van der Waals surface area contributed by atoms with Crippen LogP contribution in [0.25, 0.3) is 10.9 Å². The minimum atomic E-state index is -0.119. The molecule has 0 saturated heterocycles. The number of benzene rings is 3. The van der Waals surface area contributed by atoms with Crippen molar-refractivity contribution >= 4 is 44.1 Å². The van der Waals surface area contributed by atoms with E-state index in [1.165, 1.54) is 0 Å². The van der Waals surface area contributed by atoms with Gasteiger partial charge in [-0.3, -0.25) is 9.36 Å². The predicted octanol–water partition coefficient (Wildman–Crippen LogP) is 5.87. The summed E-state index contributed by atoms with van der Waals surface area (Å²) in [6, 6.07) is 26.7. The number of para-hydroxylation sites is 1. The average molecular weight is 403 g/mol. The Morgan fingerprint density at radius 2 is 1.50 bits per heavy atom. The van der Waals surface area contributed by atoms with Gasteiger partial charge in [-0.15, -0.1) is 0 Å². The molecular weight excluding hydrogens is 388 g/mol. The molecule has 0 bridgehead atoms. The van der Waals surface area contributed by atoms with E-state index in [2.05, 4.69) is 20.9 Å². The third kappa shape index (κ3) is 3.11. The van der Waals surface area contributed by atoms with Crippen molar-refractivity contribution in [1.82, 2.24) is 4.57 Å². The number of halogens is 1. The summed E-state index contributed by atoms with van der Waals surface area (Å²) in [4.78, 5) is 17.9. The third-order valence-electron chi connectivity index (χ3n) is 4.14. The topological polar surface area (TPSA) is 34.4 Å². The van der Waals surface area contributed by atoms with Gasteiger partial charge in [-0.2, -0.15) is 0 Å². The average Bonchev–Trinajstić information content (AvgIpc) is 3.12. The number of carbonyl (C=O) groups is 1. The summed E-state index contributed by atoms with van der Waals surface area (Å²) in [6.07, 6.45) is 1.89. The van der Waals surface area contributed by atoms with Crippen molar-refractivity contribution in [1.29, 1.82) is 0 Å². The Morgan fingerprint density at radius 1 is 0.808 bits per heavy atom. The maximum absolute atomic E-state index is 13.2. The largest absolute Gasteiger partial charge is 0.298 e. The van der Waals surface area contributed by atoms with Crippen LogP contribution in [0.4, 0.5) is 5.69 Å². The molecule has 0 amide bonds. The molecule has 0 aliphatic heterocycles. The summed E-state index contributed by atoms with van der Waals surface area (Å²) in [5.74, 6) is 0.252. The van der Waals surface area contributed by atoms with Gasteiger partial charge in [-0.05, 0) is 30.3 Å². The molecular formula is C22H15BrN2O. The Labute approximate surface area is 159 Å². The zero-order valence-electron chi connectivity index (χ0n) is 13.8. The fraction of sp³-hybridized carbons (Fsp3) is 0. The van der Waals surface area contributed by atoms with E-state index in [-0.39, 0.29) is 5.78 Å². The molecule has 0 fully saturated rings. The number of ketones is 1. The minimum Gasteiger partial charge on any atom is -0.298 e. The van der Waals surface area contributed by atoms with Gasteiger partial charge in [0, 0.05) is 21.6 Å². The normalized spacial score (nSPS) is 11.7. The van der Waals surface area contributed by atoms with E-state index in [4.69, 9.17) is 0 Å². The fourth-order valence-electron chi connectivity index (χ4n) is 2.87. The van der Waals surface area contributed by atoms with Crippen molar-refractivity contribution in [3.05, 3.63) is 101 Å². The SMILES string of the molecule is O=C(C(=Nc1ccccc1)n1ccc2c(Br)cccc21)c1ccccc1. The minimum absolute atomic E-state index is 0.119. The number of fused-ring (bicyclic) bond motifs is 1. The summed E-state index contributed by atoms with van der Waals surface area (Å²) in [6.45, 7) is 0. The first-order chi connectivity index (χ1) is 12.7. The molecule has 0 atom stereocenters. The van der Waals surface area contributed by atoms with Gasteiger partial charge in [0.25, 0.3) is 0 Å². The van der Waals surface area contributed by atoms with Gasteiger partial charge in [0.05, 0.1) is 11.2 Å². The Bertz CT molecular complexity index is 1100. The molecule has 3 aromatic carbocycles. The van der Waals surface area contributed by atoms with Crippen LogP contribution in [0.15, 0.2) is 101 Å². The van der Waals surface area contributed by atoms with Crippen molar-refractivity contribution in [2.75, 3.05) is 0 Å². The zero-order valence-corrected chi connectivity index (χ0v) is 15.4. The lowest BCUT2D eigenvalue weighted by atomic mass is 10.1. The first-order valence-corrected chi connectivity index (χ1v) is 9.03. The van der Waals surface area contributed by atoms with E-state index < -0.39 is 0 Å². The summed E-state index contributed by atoms with van der Waals surface area (Å²) >= 11 is 3.57. The molecule has 4 heteroatoms. The predicted molar refractivity (Wildman–Crippen MR) is 109 cm³/mol. The molecule has 0 aliphatic carbocycles. The van der Waals surface area contributed by atoms with Crippen molar-refractivity contribution in [2.45, 2.75) is 0 Å². The molecule has 4 rings (SSSR count). The molecule has 3 nitrogen and oxygen atoms in total. The van der Waals surface area contributed by atoms with Crippen LogP contribution in [0.2, 0.25) is 0 Å². The standard InChI is InChI=1S/C22H15BrN2O/c23-19-12-7-13-20-18(19)14-15-25(20)22(24-17-10-5-2-6-11-17)21(26)16-8-3-1-4-9-16/h1-15H. The molecule has 0 unspecified atom stereocenters. The lowest BCUT2D eigenvalue weighted by Crippen LogP contribution is -2.22. The molecule has 26 heavy (non-hydrogen) atoms. The molecule has 0 saturated carbocycles. The van der Waals surface area contributed by atoms with Crippen LogP contribution in [0.1, 0.15) is 10.4 Å². The molecule has 0 spiro atoms. The molecule has 0 aliphatic rings. The van der Waals surface area contributed by atoms with E-state index in [1.54, 1.807) is 0 Å². The number of Topliss-reactive ketones (excluding diaryl/α,β-unsaturated/α-hetero) is 1. The molecule has 1 aromatic heterocycles. The van der Waals surface area contributed by atoms with Crippen LogP contribution in [0, 0.1) is 0 Å². The van der Waals surface area contributed by atoms with Gasteiger partial charge in [0.15, 0.2) is 5.84 Å². The van der Waals surface area contributed by atoms with Gasteiger partial charge in [0.2, 0.25) is 5.78 Å². The Morgan fingerprint density at radius 3 is 2.23 bits per heavy atom. The molecule has 0 radical (unpaired) electrons. The van der Waals surface area contributed by atoms with Crippen LogP contribution in [0.5, 0.6) is 0 Å². The van der Waals surface area contributed by atoms with Gasteiger partial charge < -0.3 is 0 Å². The number of hydrogen-bond acceptors (Lipinski definition) is 2. The third-order valence-corrected chi connectivity index (χ3v) is 4.83. The number of carbonyl (C=O) groups excluding carboxylic acids is 1. The molecule has 1 heterocycles. The number of hydrogen-bond donors (Lipinski definition) is 0. The van der Waals surface area contributed by atoms with Gasteiger partial charge in [-0.1, -0.05) is 70.5 Å². The molecule has 4 aromatic rings. The highest BCUT2D eigenvalue weighted by Crippen LogP contribution is 2.26. The van der Waals surface area contributed by atoms with Crippen LogP contribution < -0.4 is 0 Å². The smallest absolute Gasteiger partial charge is 0.228 e. The fourth-order valence-corrected chi connectivity index (χ4v) is 3.36. The number of nitrogens with zero attached hydrogens (tertiary/aromatic N) is 2. The second kappa shape index (κ2) is 7.10. The van der Waals surface area contributed by atoms with Crippen LogP contribution >= 0.6 is 15.9 Å². The second-order valence-corrected chi connectivity index (χ2v) is 6.68. The van der Waals surface area contributed by atoms with Crippen LogP contribution in [0.3, 0.4) is 0 Å². The van der Waals surface area contributed by atoms with E-state index in [0.717, 1.165) is 21.1 Å². The van der Waals surface area contributed by atoms with Crippen LogP contribution in [-0.2, 0) is 0 Å². The maximum atomic E-state index is 13.2. The van der Waals surface area contributed by atoms with Crippen LogP contribution in [-0.4, -0.2) is 16.2 Å². The van der Waals surface area contributed by atoms with Gasteiger partial charge >= 0.3 is 0 Å². The van der Waals surface area contributed by atoms with Gasteiger partial charge in [-0.25, -0.2) is 4.99 Å². The Kier molecular flexibility index (Phi) is 4.50.